The van der Waals surface area contributed by atoms with Crippen LogP contribution in [0.15, 0.2) is 24.3 Å². The molecular weight excluding hydrogens is 252 g/mol. The van der Waals surface area contributed by atoms with E-state index in [9.17, 15) is 4.79 Å². The van der Waals surface area contributed by atoms with Crippen molar-refractivity contribution in [3.63, 3.8) is 0 Å². The number of Topliss-reactive ketones (excluding diaryl/α,β-unsaturated/α-hetero) is 1. The number of ketones is 1. The number of benzene rings is 1. The van der Waals surface area contributed by atoms with E-state index in [1.54, 1.807) is 0 Å². The van der Waals surface area contributed by atoms with Crippen LogP contribution in [-0.4, -0.2) is 28.5 Å². The lowest BCUT2D eigenvalue weighted by atomic mass is 10.2. The highest BCUT2D eigenvalue weighted by Gasteiger charge is 2.12. The molecule has 0 radical (unpaired) electrons. The fraction of sp³-hybridized carbons (Fsp3) is 0.500. The van der Waals surface area contributed by atoms with Crippen LogP contribution in [0.3, 0.4) is 0 Å². The van der Waals surface area contributed by atoms with Gasteiger partial charge in [0.05, 0.1) is 24.1 Å². The average Bonchev–Trinajstić information content (AvgIpc) is 2.80. The number of para-hydroxylation sites is 2. The minimum Gasteiger partial charge on any atom is -0.381 e. The van der Waals surface area contributed by atoms with E-state index < -0.39 is 0 Å². The largest absolute Gasteiger partial charge is 0.381 e. The topological polar surface area (TPSA) is 44.1 Å². The van der Waals surface area contributed by atoms with Crippen molar-refractivity contribution < 1.29 is 9.53 Å². The number of aryl methyl sites for hydroxylation is 1. The van der Waals surface area contributed by atoms with E-state index in [2.05, 4.69) is 23.4 Å². The molecule has 1 aromatic heterocycles. The van der Waals surface area contributed by atoms with Gasteiger partial charge in [-0.05, 0) is 25.5 Å². The molecule has 108 valence electrons. The molecular formula is C16H22N2O2. The van der Waals surface area contributed by atoms with Gasteiger partial charge in [0.1, 0.15) is 11.6 Å². The highest BCUT2D eigenvalue weighted by Crippen LogP contribution is 2.16. The monoisotopic (exact) mass is 274 g/mol. The number of imidazole rings is 1. The first-order valence-corrected chi connectivity index (χ1v) is 7.29. The molecule has 1 heterocycles. The first-order valence-electron chi connectivity index (χ1n) is 7.29. The van der Waals surface area contributed by atoms with Crippen molar-refractivity contribution in [1.82, 2.24) is 9.55 Å². The van der Waals surface area contributed by atoms with Crippen molar-refractivity contribution in [2.75, 3.05) is 13.2 Å². The van der Waals surface area contributed by atoms with Crippen LogP contribution < -0.4 is 0 Å². The number of carbonyl (C=O) groups is 1. The first kappa shape index (κ1) is 14.7. The summed E-state index contributed by atoms with van der Waals surface area (Å²) in [6.45, 7) is 6.20. The summed E-state index contributed by atoms with van der Waals surface area (Å²) in [7, 11) is 0. The summed E-state index contributed by atoms with van der Waals surface area (Å²) < 4.78 is 7.47. The lowest BCUT2D eigenvalue weighted by molar-refractivity contribution is -0.119. The van der Waals surface area contributed by atoms with Gasteiger partial charge in [0.25, 0.3) is 0 Å². The van der Waals surface area contributed by atoms with E-state index in [-0.39, 0.29) is 5.78 Å². The number of ether oxygens (including phenoxy) is 1. The Morgan fingerprint density at radius 1 is 1.25 bits per heavy atom. The number of hydrogen-bond donors (Lipinski definition) is 0. The normalized spacial score (nSPS) is 11.1. The maximum absolute atomic E-state index is 12.0. The third-order valence-corrected chi connectivity index (χ3v) is 3.28. The fourth-order valence-electron chi connectivity index (χ4n) is 2.31. The standard InChI is InChI=1S/C16H22N2O2/c1-3-10-20-11-9-13(19)12-16-17-14-7-5-6-8-15(14)18(16)4-2/h5-8H,3-4,9-12H2,1-2H3. The van der Waals surface area contributed by atoms with Crippen molar-refractivity contribution in [2.24, 2.45) is 0 Å². The molecule has 2 rings (SSSR count). The van der Waals surface area contributed by atoms with E-state index >= 15 is 0 Å². The van der Waals surface area contributed by atoms with Crippen LogP contribution in [0.4, 0.5) is 0 Å². The molecule has 1 aromatic carbocycles. The van der Waals surface area contributed by atoms with Gasteiger partial charge in [0, 0.05) is 19.6 Å². The zero-order valence-corrected chi connectivity index (χ0v) is 12.3. The molecule has 0 saturated heterocycles. The van der Waals surface area contributed by atoms with Gasteiger partial charge >= 0.3 is 0 Å². The van der Waals surface area contributed by atoms with Gasteiger partial charge in [-0.1, -0.05) is 19.1 Å². The third kappa shape index (κ3) is 3.45. The second kappa shape index (κ2) is 7.20. The summed E-state index contributed by atoms with van der Waals surface area (Å²) in [6, 6.07) is 8.00. The Morgan fingerprint density at radius 3 is 2.80 bits per heavy atom. The molecule has 0 aliphatic carbocycles. The second-order valence-corrected chi connectivity index (χ2v) is 4.84. The maximum atomic E-state index is 12.0. The Morgan fingerprint density at radius 2 is 2.05 bits per heavy atom. The smallest absolute Gasteiger partial charge is 0.142 e. The Bertz CT molecular complexity index is 575. The summed E-state index contributed by atoms with van der Waals surface area (Å²) in [6.07, 6.45) is 1.84. The molecule has 0 amide bonds. The van der Waals surface area contributed by atoms with Gasteiger partial charge in [-0.2, -0.15) is 0 Å². The molecule has 4 nitrogen and oxygen atoms in total. The van der Waals surface area contributed by atoms with Gasteiger partial charge in [-0.3, -0.25) is 4.79 Å². The molecule has 4 heteroatoms. The van der Waals surface area contributed by atoms with E-state index in [0.717, 1.165) is 36.4 Å². The number of nitrogens with zero attached hydrogens (tertiary/aromatic N) is 2. The summed E-state index contributed by atoms with van der Waals surface area (Å²) >= 11 is 0. The quantitative estimate of drug-likeness (QED) is 0.695. The SMILES string of the molecule is CCCOCCC(=O)Cc1nc2ccccc2n1CC. The van der Waals surface area contributed by atoms with Crippen molar-refractivity contribution in [1.29, 1.82) is 0 Å². The number of aromatic nitrogens is 2. The minimum absolute atomic E-state index is 0.186. The van der Waals surface area contributed by atoms with Gasteiger partial charge in [0.15, 0.2) is 0 Å². The third-order valence-electron chi connectivity index (χ3n) is 3.28. The van der Waals surface area contributed by atoms with Crippen molar-refractivity contribution in [3.05, 3.63) is 30.1 Å². The van der Waals surface area contributed by atoms with E-state index in [1.165, 1.54) is 0 Å². The lowest BCUT2D eigenvalue weighted by Crippen LogP contribution is -2.12. The summed E-state index contributed by atoms with van der Waals surface area (Å²) in [4.78, 5) is 16.6. The zero-order chi connectivity index (χ0) is 14.4. The Hall–Kier alpha value is -1.68. The minimum atomic E-state index is 0.186. The van der Waals surface area contributed by atoms with Crippen molar-refractivity contribution in [2.45, 2.75) is 39.7 Å². The van der Waals surface area contributed by atoms with E-state index in [0.29, 0.717) is 19.4 Å². The molecule has 2 aromatic rings. The predicted molar refractivity (Wildman–Crippen MR) is 79.8 cm³/mol. The van der Waals surface area contributed by atoms with Crippen LogP contribution in [0, 0.1) is 0 Å². The highest BCUT2D eigenvalue weighted by molar-refractivity contribution is 5.82. The van der Waals surface area contributed by atoms with Crippen molar-refractivity contribution in [3.8, 4) is 0 Å². The highest BCUT2D eigenvalue weighted by atomic mass is 16.5. The van der Waals surface area contributed by atoms with Crippen LogP contribution in [0.2, 0.25) is 0 Å². The molecule has 0 aliphatic heterocycles. The Balaban J connectivity index is 2.03. The fourth-order valence-corrected chi connectivity index (χ4v) is 2.31. The predicted octanol–water partition coefficient (Wildman–Crippen LogP) is 2.98. The van der Waals surface area contributed by atoms with E-state index in [4.69, 9.17) is 4.74 Å². The van der Waals surface area contributed by atoms with Crippen LogP contribution in [-0.2, 0) is 22.5 Å². The van der Waals surface area contributed by atoms with Crippen molar-refractivity contribution >= 4 is 16.8 Å². The Kier molecular flexibility index (Phi) is 5.30. The van der Waals surface area contributed by atoms with Crippen LogP contribution in [0.1, 0.15) is 32.5 Å². The molecule has 0 fully saturated rings. The Labute approximate surface area is 119 Å². The molecule has 0 spiro atoms. The molecule has 0 bridgehead atoms. The molecule has 0 saturated carbocycles. The van der Waals surface area contributed by atoms with Gasteiger partial charge in [-0.25, -0.2) is 4.98 Å². The van der Waals surface area contributed by atoms with Gasteiger partial charge in [0.2, 0.25) is 0 Å². The van der Waals surface area contributed by atoms with E-state index in [1.807, 2.05) is 24.3 Å². The zero-order valence-electron chi connectivity index (χ0n) is 12.3. The number of fused-ring (bicyclic) bond motifs is 1. The van der Waals surface area contributed by atoms with Crippen LogP contribution in [0.25, 0.3) is 11.0 Å². The summed E-state index contributed by atoms with van der Waals surface area (Å²) in [5.74, 6) is 1.04. The first-order chi connectivity index (χ1) is 9.76. The number of carbonyl (C=O) groups excluding carboxylic acids is 1. The molecule has 0 unspecified atom stereocenters. The van der Waals surface area contributed by atoms with Crippen LogP contribution >= 0.6 is 0 Å². The van der Waals surface area contributed by atoms with Crippen LogP contribution in [0.5, 0.6) is 0 Å². The van der Waals surface area contributed by atoms with Gasteiger partial charge < -0.3 is 9.30 Å². The second-order valence-electron chi connectivity index (χ2n) is 4.84. The number of hydrogen-bond acceptors (Lipinski definition) is 3. The number of rotatable bonds is 8. The molecule has 0 N–H and O–H groups in total. The molecule has 0 atom stereocenters. The summed E-state index contributed by atoms with van der Waals surface area (Å²) in [5, 5.41) is 0. The molecule has 20 heavy (non-hydrogen) atoms. The lowest BCUT2D eigenvalue weighted by Gasteiger charge is -2.06. The van der Waals surface area contributed by atoms with Gasteiger partial charge in [-0.15, -0.1) is 0 Å². The molecule has 0 aliphatic rings. The average molecular weight is 274 g/mol. The maximum Gasteiger partial charge on any atom is 0.142 e. The summed E-state index contributed by atoms with van der Waals surface area (Å²) in [5.41, 5.74) is 2.06.